The van der Waals surface area contributed by atoms with Crippen molar-refractivity contribution >= 4 is 11.7 Å². The molecule has 1 amide bonds. The summed E-state index contributed by atoms with van der Waals surface area (Å²) in [5.41, 5.74) is 6.68. The summed E-state index contributed by atoms with van der Waals surface area (Å²) in [6, 6.07) is 5.70. The predicted octanol–water partition coefficient (Wildman–Crippen LogP) is 0.312. The number of amides is 1. The van der Waals surface area contributed by atoms with Crippen molar-refractivity contribution < 1.29 is 4.79 Å². The number of nitrogens with zero attached hydrogens (tertiary/aromatic N) is 4. The maximum Gasteiger partial charge on any atom is 0.266 e. The minimum Gasteiger partial charge on any atom is -0.345 e. The molecule has 0 atom stereocenters. The fourth-order valence-electron chi connectivity index (χ4n) is 2.43. The molecule has 1 fully saturated rings. The average molecular weight is 314 g/mol. The van der Waals surface area contributed by atoms with Crippen LogP contribution in [-0.2, 0) is 4.79 Å². The molecule has 7 heteroatoms. The Morgan fingerprint density at radius 3 is 2.83 bits per heavy atom. The molecule has 0 bridgehead atoms. The van der Waals surface area contributed by atoms with Gasteiger partial charge in [-0.3, -0.25) is 9.69 Å². The Bertz CT molecular complexity index is 613. The fraction of sp³-hybridized carbons (Fsp3) is 0.438. The van der Waals surface area contributed by atoms with Crippen molar-refractivity contribution in [2.24, 2.45) is 5.73 Å². The number of aryl methyl sites for hydroxylation is 1. The van der Waals surface area contributed by atoms with E-state index in [-0.39, 0.29) is 11.5 Å². The van der Waals surface area contributed by atoms with E-state index in [1.54, 1.807) is 11.1 Å². The number of anilines is 1. The van der Waals surface area contributed by atoms with Crippen LogP contribution >= 0.6 is 0 Å². The molecule has 1 aliphatic heterocycles. The molecule has 0 aliphatic carbocycles. The van der Waals surface area contributed by atoms with Gasteiger partial charge in [0.05, 0.1) is 0 Å². The number of nitrogens with one attached hydrogen (secondary N) is 1. The summed E-state index contributed by atoms with van der Waals surface area (Å²) < 4.78 is 0. The Morgan fingerprint density at radius 2 is 2.22 bits per heavy atom. The molecule has 0 saturated carbocycles. The Balaban J connectivity index is 1.96. The number of nitriles is 1. The maximum atomic E-state index is 12.4. The number of hydrogen-bond donors (Lipinski definition) is 2. The molecule has 7 nitrogen and oxygen atoms in total. The van der Waals surface area contributed by atoms with Gasteiger partial charge in [0.2, 0.25) is 0 Å². The number of hydrogen-bond acceptors (Lipinski definition) is 6. The van der Waals surface area contributed by atoms with Gasteiger partial charge in [-0.05, 0) is 24.6 Å². The van der Waals surface area contributed by atoms with Crippen LogP contribution in [0.1, 0.15) is 5.56 Å². The monoisotopic (exact) mass is 314 g/mol. The Morgan fingerprint density at radius 1 is 1.48 bits per heavy atom. The summed E-state index contributed by atoms with van der Waals surface area (Å²) in [6.07, 6.45) is 3.10. The molecule has 0 spiro atoms. The number of piperazine rings is 1. The van der Waals surface area contributed by atoms with E-state index in [1.165, 1.54) is 6.20 Å². The molecule has 1 aromatic rings. The molecular formula is C16H22N6O. The minimum absolute atomic E-state index is 0.0839. The van der Waals surface area contributed by atoms with Gasteiger partial charge in [-0.15, -0.1) is 0 Å². The van der Waals surface area contributed by atoms with Gasteiger partial charge >= 0.3 is 0 Å². The SMILES string of the molecule is Cc1ccnc(N/C=C(/C#N)C(=O)N2CCN(CCN)CC2)c1. The molecule has 2 heterocycles. The standard InChI is InChI=1S/C16H22N6O/c1-13-2-4-19-15(10-13)20-12-14(11-18)16(23)22-8-6-21(5-3-17)7-9-22/h2,4,10,12H,3,5-9,17H2,1H3,(H,19,20)/b14-12-. The maximum absolute atomic E-state index is 12.4. The first-order valence-corrected chi connectivity index (χ1v) is 7.65. The number of aromatic nitrogens is 1. The highest BCUT2D eigenvalue weighted by Crippen LogP contribution is 2.09. The lowest BCUT2D eigenvalue weighted by Crippen LogP contribution is -2.50. The quantitative estimate of drug-likeness (QED) is 0.600. The lowest BCUT2D eigenvalue weighted by atomic mass is 10.2. The van der Waals surface area contributed by atoms with Gasteiger partial charge < -0.3 is 16.0 Å². The van der Waals surface area contributed by atoms with Crippen LogP contribution in [0.25, 0.3) is 0 Å². The van der Waals surface area contributed by atoms with Crippen molar-refractivity contribution in [3.05, 3.63) is 35.7 Å². The average Bonchev–Trinajstić information content (AvgIpc) is 2.56. The van der Waals surface area contributed by atoms with Gasteiger partial charge in [0, 0.05) is 51.7 Å². The molecular weight excluding hydrogens is 292 g/mol. The second kappa shape index (κ2) is 8.27. The summed E-state index contributed by atoms with van der Waals surface area (Å²) in [4.78, 5) is 20.5. The highest BCUT2D eigenvalue weighted by molar-refractivity contribution is 5.97. The molecule has 3 N–H and O–H groups in total. The van der Waals surface area contributed by atoms with Crippen LogP contribution in [0.5, 0.6) is 0 Å². The molecule has 23 heavy (non-hydrogen) atoms. The van der Waals surface area contributed by atoms with Crippen LogP contribution in [0, 0.1) is 18.3 Å². The third-order valence-corrected chi connectivity index (χ3v) is 3.74. The normalized spacial score (nSPS) is 16.0. The molecule has 1 aliphatic rings. The lowest BCUT2D eigenvalue weighted by molar-refractivity contribution is -0.128. The first-order chi connectivity index (χ1) is 11.1. The van der Waals surface area contributed by atoms with Crippen molar-refractivity contribution in [2.45, 2.75) is 6.92 Å². The van der Waals surface area contributed by atoms with Gasteiger partial charge in [0.1, 0.15) is 17.5 Å². The van der Waals surface area contributed by atoms with Crippen molar-refractivity contribution in [3.63, 3.8) is 0 Å². The van der Waals surface area contributed by atoms with Crippen LogP contribution in [0.15, 0.2) is 30.1 Å². The molecule has 2 rings (SSSR count). The first kappa shape index (κ1) is 16.9. The van der Waals surface area contributed by atoms with E-state index in [4.69, 9.17) is 5.73 Å². The van der Waals surface area contributed by atoms with Crippen molar-refractivity contribution in [2.75, 3.05) is 44.6 Å². The largest absolute Gasteiger partial charge is 0.345 e. The van der Waals surface area contributed by atoms with Gasteiger partial charge in [0.25, 0.3) is 5.91 Å². The summed E-state index contributed by atoms with van der Waals surface area (Å²) in [5.74, 6) is 0.360. The summed E-state index contributed by atoms with van der Waals surface area (Å²) in [5, 5.41) is 12.2. The number of pyridine rings is 1. The zero-order valence-corrected chi connectivity index (χ0v) is 13.3. The van der Waals surface area contributed by atoms with E-state index in [2.05, 4.69) is 15.2 Å². The molecule has 0 unspecified atom stereocenters. The Labute approximate surface area is 136 Å². The van der Waals surface area contributed by atoms with Crippen molar-refractivity contribution in [1.29, 1.82) is 5.26 Å². The molecule has 1 saturated heterocycles. The van der Waals surface area contributed by atoms with Crippen LogP contribution in [0.2, 0.25) is 0 Å². The third kappa shape index (κ3) is 4.77. The zero-order chi connectivity index (χ0) is 16.7. The van der Waals surface area contributed by atoms with Gasteiger partial charge in [-0.1, -0.05) is 0 Å². The van der Waals surface area contributed by atoms with Crippen LogP contribution in [-0.4, -0.2) is 60.0 Å². The van der Waals surface area contributed by atoms with Crippen LogP contribution in [0.3, 0.4) is 0 Å². The highest BCUT2D eigenvalue weighted by Gasteiger charge is 2.23. The van der Waals surface area contributed by atoms with Crippen LogP contribution < -0.4 is 11.1 Å². The molecule has 1 aromatic heterocycles. The van der Waals surface area contributed by atoms with Crippen LogP contribution in [0.4, 0.5) is 5.82 Å². The van der Waals surface area contributed by atoms with E-state index >= 15 is 0 Å². The number of carbonyl (C=O) groups excluding carboxylic acids is 1. The number of nitrogens with two attached hydrogens (primary N) is 1. The zero-order valence-electron chi connectivity index (χ0n) is 13.3. The summed E-state index contributed by atoms with van der Waals surface area (Å²) in [6.45, 7) is 6.20. The predicted molar refractivity (Wildman–Crippen MR) is 88.4 cm³/mol. The van der Waals surface area contributed by atoms with Gasteiger partial charge in [-0.2, -0.15) is 5.26 Å². The molecule has 0 aromatic carbocycles. The van der Waals surface area contributed by atoms with Gasteiger partial charge in [0.15, 0.2) is 0 Å². The number of rotatable bonds is 5. The van der Waals surface area contributed by atoms with E-state index in [0.29, 0.717) is 25.5 Å². The Kier molecular flexibility index (Phi) is 6.09. The van der Waals surface area contributed by atoms with E-state index < -0.39 is 0 Å². The van der Waals surface area contributed by atoms with E-state index in [1.807, 2.05) is 25.1 Å². The van der Waals surface area contributed by atoms with E-state index in [9.17, 15) is 10.1 Å². The lowest BCUT2D eigenvalue weighted by Gasteiger charge is -2.34. The smallest absolute Gasteiger partial charge is 0.266 e. The minimum atomic E-state index is -0.250. The van der Waals surface area contributed by atoms with Crippen molar-refractivity contribution in [3.8, 4) is 6.07 Å². The second-order valence-corrected chi connectivity index (χ2v) is 5.46. The van der Waals surface area contributed by atoms with E-state index in [0.717, 1.165) is 25.2 Å². The molecule has 0 radical (unpaired) electrons. The Hall–Kier alpha value is -2.43. The van der Waals surface area contributed by atoms with Crippen molar-refractivity contribution in [1.82, 2.24) is 14.8 Å². The highest BCUT2D eigenvalue weighted by atomic mass is 16.2. The van der Waals surface area contributed by atoms with Gasteiger partial charge in [-0.25, -0.2) is 4.98 Å². The third-order valence-electron chi connectivity index (χ3n) is 3.74. The number of carbonyl (C=O) groups is 1. The molecule has 122 valence electrons. The first-order valence-electron chi connectivity index (χ1n) is 7.65. The fourth-order valence-corrected chi connectivity index (χ4v) is 2.43. The topological polar surface area (TPSA) is 98.3 Å². The summed E-state index contributed by atoms with van der Waals surface area (Å²) in [7, 11) is 0. The second-order valence-electron chi connectivity index (χ2n) is 5.46. The summed E-state index contributed by atoms with van der Waals surface area (Å²) >= 11 is 0.